The first kappa shape index (κ1) is 23.2. The Kier molecular flexibility index (Phi) is 8.04. The normalized spacial score (nSPS) is 10.9. The average molecular weight is 498 g/mol. The van der Waals surface area contributed by atoms with Crippen LogP contribution in [0.25, 0.3) is 0 Å². The molecule has 0 fully saturated rings. The van der Waals surface area contributed by atoms with E-state index in [1.807, 2.05) is 6.07 Å². The van der Waals surface area contributed by atoms with Gasteiger partial charge in [-0.05, 0) is 48.0 Å². The van der Waals surface area contributed by atoms with Crippen LogP contribution in [-0.2, 0) is 6.61 Å². The third kappa shape index (κ3) is 6.05. The maximum absolute atomic E-state index is 12.3. The van der Waals surface area contributed by atoms with Crippen LogP contribution >= 0.6 is 46.4 Å². The number of rotatable bonds is 7. The van der Waals surface area contributed by atoms with Crippen molar-refractivity contribution < 1.29 is 14.3 Å². The van der Waals surface area contributed by atoms with Crippen LogP contribution in [-0.4, -0.2) is 19.2 Å². The lowest BCUT2D eigenvalue weighted by atomic mass is 10.2. The van der Waals surface area contributed by atoms with Gasteiger partial charge in [-0.2, -0.15) is 5.10 Å². The third-order valence-electron chi connectivity index (χ3n) is 4.15. The van der Waals surface area contributed by atoms with E-state index >= 15 is 0 Å². The highest BCUT2D eigenvalue weighted by atomic mass is 35.5. The van der Waals surface area contributed by atoms with E-state index in [0.29, 0.717) is 37.7 Å². The Morgan fingerprint density at radius 3 is 2.35 bits per heavy atom. The fourth-order valence-corrected chi connectivity index (χ4v) is 3.22. The zero-order valence-corrected chi connectivity index (χ0v) is 19.2. The van der Waals surface area contributed by atoms with E-state index in [1.54, 1.807) is 42.5 Å². The molecule has 3 aromatic rings. The molecular formula is C22H16Cl4N2O3. The van der Waals surface area contributed by atoms with Crippen LogP contribution < -0.4 is 14.9 Å². The summed E-state index contributed by atoms with van der Waals surface area (Å²) >= 11 is 23.8. The second-order valence-electron chi connectivity index (χ2n) is 6.24. The van der Waals surface area contributed by atoms with E-state index in [0.717, 1.165) is 5.56 Å². The number of nitrogens with one attached hydrogen (secondary N) is 1. The molecule has 0 spiro atoms. The van der Waals surface area contributed by atoms with Gasteiger partial charge in [0.15, 0.2) is 11.5 Å². The van der Waals surface area contributed by atoms with Crippen LogP contribution in [0.15, 0.2) is 59.7 Å². The summed E-state index contributed by atoms with van der Waals surface area (Å²) in [6, 6.07) is 15.1. The summed E-state index contributed by atoms with van der Waals surface area (Å²) in [5, 5.41) is 5.56. The highest BCUT2D eigenvalue weighted by Gasteiger charge is 2.11. The Morgan fingerprint density at radius 2 is 1.68 bits per heavy atom. The van der Waals surface area contributed by atoms with E-state index in [2.05, 4.69) is 10.5 Å². The number of hydrogen-bond donors (Lipinski definition) is 1. The van der Waals surface area contributed by atoms with E-state index in [9.17, 15) is 4.79 Å². The lowest BCUT2D eigenvalue weighted by Gasteiger charge is -2.13. The van der Waals surface area contributed by atoms with Gasteiger partial charge in [-0.15, -0.1) is 0 Å². The summed E-state index contributed by atoms with van der Waals surface area (Å²) in [4.78, 5) is 12.3. The predicted octanol–water partition coefficient (Wildman–Crippen LogP) is 6.65. The van der Waals surface area contributed by atoms with E-state index in [1.165, 1.54) is 19.4 Å². The number of nitrogens with zero attached hydrogens (tertiary/aromatic N) is 1. The Balaban J connectivity index is 1.75. The van der Waals surface area contributed by atoms with Gasteiger partial charge < -0.3 is 9.47 Å². The van der Waals surface area contributed by atoms with Crippen LogP contribution in [0.2, 0.25) is 20.1 Å². The molecule has 1 amide bonds. The molecule has 0 atom stereocenters. The van der Waals surface area contributed by atoms with Gasteiger partial charge in [-0.3, -0.25) is 4.79 Å². The van der Waals surface area contributed by atoms with Gasteiger partial charge in [0, 0.05) is 11.1 Å². The summed E-state index contributed by atoms with van der Waals surface area (Å²) in [6.45, 7) is 0.230. The van der Waals surface area contributed by atoms with E-state index in [4.69, 9.17) is 55.9 Å². The minimum absolute atomic E-state index is 0.230. The molecule has 0 bridgehead atoms. The summed E-state index contributed by atoms with van der Waals surface area (Å²) in [6.07, 6.45) is 1.46. The van der Waals surface area contributed by atoms with Crippen LogP contribution in [0.3, 0.4) is 0 Å². The van der Waals surface area contributed by atoms with Gasteiger partial charge in [0.05, 0.1) is 33.4 Å². The zero-order chi connectivity index (χ0) is 22.4. The number of hydrogen-bond acceptors (Lipinski definition) is 4. The molecule has 3 aromatic carbocycles. The topological polar surface area (TPSA) is 59.9 Å². The van der Waals surface area contributed by atoms with Gasteiger partial charge in [0.25, 0.3) is 5.91 Å². The van der Waals surface area contributed by atoms with Crippen molar-refractivity contribution in [1.29, 1.82) is 0 Å². The molecule has 0 heterocycles. The van der Waals surface area contributed by atoms with Crippen molar-refractivity contribution in [2.45, 2.75) is 6.61 Å². The third-order valence-corrected chi connectivity index (χ3v) is 5.63. The highest BCUT2D eigenvalue weighted by molar-refractivity contribution is 6.42. The molecule has 9 heteroatoms. The fourth-order valence-electron chi connectivity index (χ4n) is 2.60. The maximum Gasteiger partial charge on any atom is 0.271 e. The first-order valence-electron chi connectivity index (χ1n) is 8.91. The molecule has 5 nitrogen and oxygen atoms in total. The molecule has 0 aliphatic heterocycles. The van der Waals surface area contributed by atoms with Crippen molar-refractivity contribution in [3.05, 3.63) is 91.4 Å². The van der Waals surface area contributed by atoms with Crippen molar-refractivity contribution in [3.63, 3.8) is 0 Å². The average Bonchev–Trinajstić information content (AvgIpc) is 2.76. The van der Waals surface area contributed by atoms with Gasteiger partial charge >= 0.3 is 0 Å². The summed E-state index contributed by atoms with van der Waals surface area (Å²) in [5.74, 6) is 0.541. The van der Waals surface area contributed by atoms with Gasteiger partial charge in [-0.1, -0.05) is 58.5 Å². The molecule has 0 aromatic heterocycles. The zero-order valence-electron chi connectivity index (χ0n) is 16.2. The molecule has 0 aliphatic carbocycles. The quantitative estimate of drug-likeness (QED) is 0.293. The molecule has 0 saturated heterocycles. The molecule has 1 N–H and O–H groups in total. The fraction of sp³-hybridized carbons (Fsp3) is 0.0909. The Morgan fingerprint density at radius 1 is 0.968 bits per heavy atom. The van der Waals surface area contributed by atoms with E-state index < -0.39 is 5.91 Å². The maximum atomic E-state index is 12.3. The van der Waals surface area contributed by atoms with E-state index in [-0.39, 0.29) is 11.6 Å². The van der Waals surface area contributed by atoms with Crippen molar-refractivity contribution in [2.24, 2.45) is 5.10 Å². The monoisotopic (exact) mass is 496 g/mol. The van der Waals surface area contributed by atoms with Crippen molar-refractivity contribution >= 4 is 58.5 Å². The van der Waals surface area contributed by atoms with Gasteiger partial charge in [0.2, 0.25) is 0 Å². The minimum atomic E-state index is -0.434. The first-order valence-corrected chi connectivity index (χ1v) is 10.4. The Hall–Kier alpha value is -2.44. The Labute approximate surface area is 199 Å². The largest absolute Gasteiger partial charge is 0.493 e. The highest BCUT2D eigenvalue weighted by Crippen LogP contribution is 2.31. The number of ether oxygens (including phenoxy) is 2. The Bertz CT molecular complexity index is 1140. The molecule has 0 aliphatic rings. The van der Waals surface area contributed by atoms with Crippen LogP contribution in [0.5, 0.6) is 11.5 Å². The van der Waals surface area contributed by atoms with Gasteiger partial charge in [-0.25, -0.2) is 5.43 Å². The predicted molar refractivity (Wildman–Crippen MR) is 125 cm³/mol. The molecule has 0 radical (unpaired) electrons. The van der Waals surface area contributed by atoms with Crippen molar-refractivity contribution in [2.75, 3.05) is 7.11 Å². The smallest absolute Gasteiger partial charge is 0.271 e. The number of carbonyl (C=O) groups excluding carboxylic acids is 1. The second-order valence-corrected chi connectivity index (χ2v) is 7.87. The second kappa shape index (κ2) is 10.7. The van der Waals surface area contributed by atoms with Crippen LogP contribution in [0, 0.1) is 0 Å². The molecule has 3 rings (SSSR count). The van der Waals surface area contributed by atoms with Gasteiger partial charge in [0.1, 0.15) is 6.61 Å². The number of benzene rings is 3. The lowest BCUT2D eigenvalue weighted by molar-refractivity contribution is 0.0955. The van der Waals surface area contributed by atoms with Crippen LogP contribution in [0.4, 0.5) is 0 Å². The molecule has 31 heavy (non-hydrogen) atoms. The van der Waals surface area contributed by atoms with Crippen molar-refractivity contribution in [1.82, 2.24) is 5.43 Å². The summed E-state index contributed by atoms with van der Waals surface area (Å²) in [7, 11) is 1.54. The molecular weight excluding hydrogens is 482 g/mol. The molecule has 0 saturated carbocycles. The standard InChI is InChI=1S/C22H16Cl4N2O3/c1-30-20-4-2-3-15(21(20)31-12-13-5-7-16(23)18(25)9-13)11-27-28-22(29)14-6-8-17(24)19(26)10-14/h2-11H,12H2,1H3,(H,28,29)/b27-11-. The SMILES string of the molecule is COc1cccc(/C=N\NC(=O)c2ccc(Cl)c(Cl)c2)c1OCc1ccc(Cl)c(Cl)c1. The van der Waals surface area contributed by atoms with Crippen molar-refractivity contribution in [3.8, 4) is 11.5 Å². The molecule has 0 unspecified atom stereocenters. The van der Waals surface area contributed by atoms with Crippen LogP contribution in [0.1, 0.15) is 21.5 Å². The number of halogens is 4. The number of methoxy groups -OCH3 is 1. The first-order chi connectivity index (χ1) is 14.9. The lowest BCUT2D eigenvalue weighted by Crippen LogP contribution is -2.17. The minimum Gasteiger partial charge on any atom is -0.493 e. The number of amides is 1. The number of carbonyl (C=O) groups is 1. The summed E-state index contributed by atoms with van der Waals surface area (Å²) < 4.78 is 11.3. The number of para-hydroxylation sites is 1. The number of hydrazone groups is 1. The molecule has 160 valence electrons. The summed E-state index contributed by atoms with van der Waals surface area (Å²) in [5.41, 5.74) is 4.21.